The molecule has 0 fully saturated rings. The smallest absolute Gasteiger partial charge is 0.313 e. The molecule has 0 saturated heterocycles. The van der Waals surface area contributed by atoms with Crippen molar-refractivity contribution in [3.8, 4) is 0 Å². The number of aromatic nitrogens is 3. The molecule has 0 aliphatic rings. The van der Waals surface area contributed by atoms with Gasteiger partial charge in [-0.25, -0.2) is 0 Å². The minimum atomic E-state index is -0.852. The third-order valence-corrected chi connectivity index (χ3v) is 3.90. The van der Waals surface area contributed by atoms with Crippen LogP contribution in [0, 0.1) is 5.92 Å². The first-order valence-electron chi connectivity index (χ1n) is 6.78. The molecular weight excluding hydrogens is 278 g/mol. The first-order chi connectivity index (χ1) is 9.51. The SMILES string of the molecule is CCCc1nnc(SCC(=O)O)n1C(COC)C(C)C. The van der Waals surface area contributed by atoms with E-state index in [0.29, 0.717) is 17.7 Å². The van der Waals surface area contributed by atoms with Crippen molar-refractivity contribution in [1.29, 1.82) is 0 Å². The Bertz CT molecular complexity index is 434. The van der Waals surface area contributed by atoms with E-state index in [9.17, 15) is 4.79 Å². The average molecular weight is 301 g/mol. The third-order valence-electron chi connectivity index (χ3n) is 2.97. The molecule has 20 heavy (non-hydrogen) atoms. The number of rotatable bonds is 9. The highest BCUT2D eigenvalue weighted by molar-refractivity contribution is 7.99. The van der Waals surface area contributed by atoms with Crippen molar-refractivity contribution in [2.75, 3.05) is 19.5 Å². The summed E-state index contributed by atoms with van der Waals surface area (Å²) >= 11 is 1.21. The van der Waals surface area contributed by atoms with Crippen molar-refractivity contribution in [1.82, 2.24) is 14.8 Å². The molecule has 1 rings (SSSR count). The second-order valence-electron chi connectivity index (χ2n) is 4.97. The number of carbonyl (C=O) groups is 1. The minimum absolute atomic E-state index is 0.0118. The fraction of sp³-hybridized carbons (Fsp3) is 0.769. The van der Waals surface area contributed by atoms with Crippen LogP contribution in [0.25, 0.3) is 0 Å². The molecule has 1 N–H and O–H groups in total. The molecule has 7 heteroatoms. The fourth-order valence-electron chi connectivity index (χ4n) is 2.00. The molecule has 1 aromatic heterocycles. The molecule has 0 saturated carbocycles. The molecule has 0 bridgehead atoms. The summed E-state index contributed by atoms with van der Waals surface area (Å²) in [6, 6.07) is 0.118. The first kappa shape index (κ1) is 17.0. The zero-order valence-corrected chi connectivity index (χ0v) is 13.3. The van der Waals surface area contributed by atoms with E-state index in [0.717, 1.165) is 18.7 Å². The van der Waals surface area contributed by atoms with Crippen LogP contribution in [0.2, 0.25) is 0 Å². The number of ether oxygens (including phenoxy) is 1. The summed E-state index contributed by atoms with van der Waals surface area (Å²) in [5.74, 6) is 0.388. The van der Waals surface area contributed by atoms with Gasteiger partial charge in [0.1, 0.15) is 5.82 Å². The van der Waals surface area contributed by atoms with E-state index in [-0.39, 0.29) is 11.8 Å². The molecule has 0 amide bonds. The molecule has 0 radical (unpaired) electrons. The standard InChI is InChI=1S/C13H23N3O3S/c1-5-6-11-14-15-13(20-8-12(17)18)16(11)10(7-19-4)9(2)3/h9-10H,5-8H2,1-4H3,(H,17,18). The third kappa shape index (κ3) is 4.49. The van der Waals surface area contributed by atoms with Crippen LogP contribution in [-0.4, -0.2) is 45.3 Å². The summed E-state index contributed by atoms with van der Waals surface area (Å²) in [5.41, 5.74) is 0. The molecule has 1 heterocycles. The number of aliphatic carboxylic acids is 1. The van der Waals surface area contributed by atoms with E-state index >= 15 is 0 Å². The lowest BCUT2D eigenvalue weighted by Gasteiger charge is -2.24. The van der Waals surface area contributed by atoms with Crippen LogP contribution in [0.3, 0.4) is 0 Å². The molecule has 0 spiro atoms. The Morgan fingerprint density at radius 1 is 1.45 bits per heavy atom. The Labute approximate surface area is 123 Å². The predicted molar refractivity (Wildman–Crippen MR) is 78.1 cm³/mol. The van der Waals surface area contributed by atoms with Crippen molar-refractivity contribution in [3.63, 3.8) is 0 Å². The number of hydrogen-bond donors (Lipinski definition) is 1. The second kappa shape index (κ2) is 8.26. The van der Waals surface area contributed by atoms with E-state index < -0.39 is 5.97 Å². The number of carboxylic acids is 1. The van der Waals surface area contributed by atoms with Crippen LogP contribution < -0.4 is 0 Å². The topological polar surface area (TPSA) is 77.2 Å². The van der Waals surface area contributed by atoms with Gasteiger partial charge in [-0.05, 0) is 12.3 Å². The Kier molecular flexibility index (Phi) is 7.01. The Morgan fingerprint density at radius 2 is 2.15 bits per heavy atom. The van der Waals surface area contributed by atoms with Crippen molar-refractivity contribution in [3.05, 3.63) is 5.82 Å². The van der Waals surface area contributed by atoms with Crippen LogP contribution in [0.4, 0.5) is 0 Å². The van der Waals surface area contributed by atoms with Gasteiger partial charge in [-0.1, -0.05) is 32.5 Å². The maximum absolute atomic E-state index is 10.7. The predicted octanol–water partition coefficient (Wildman–Crippen LogP) is 2.25. The molecule has 0 aliphatic carbocycles. The summed E-state index contributed by atoms with van der Waals surface area (Å²) in [5, 5.41) is 17.8. The zero-order chi connectivity index (χ0) is 15.1. The molecule has 0 aromatic carbocycles. The van der Waals surface area contributed by atoms with Crippen LogP contribution >= 0.6 is 11.8 Å². The summed E-state index contributed by atoms with van der Waals surface area (Å²) in [6.07, 6.45) is 1.80. The van der Waals surface area contributed by atoms with Crippen LogP contribution in [0.1, 0.15) is 39.1 Å². The average Bonchev–Trinajstić information content (AvgIpc) is 2.76. The molecule has 1 aromatic rings. The molecular formula is C13H23N3O3S. The molecule has 0 aliphatic heterocycles. The largest absolute Gasteiger partial charge is 0.481 e. The molecule has 1 atom stereocenters. The highest BCUT2D eigenvalue weighted by Gasteiger charge is 2.23. The van der Waals surface area contributed by atoms with Gasteiger partial charge in [0.25, 0.3) is 0 Å². The van der Waals surface area contributed by atoms with Crippen molar-refractivity contribution < 1.29 is 14.6 Å². The summed E-state index contributed by atoms with van der Waals surface area (Å²) in [6.45, 7) is 6.88. The van der Waals surface area contributed by atoms with Gasteiger partial charge in [-0.3, -0.25) is 4.79 Å². The summed E-state index contributed by atoms with van der Waals surface area (Å²) in [7, 11) is 1.67. The van der Waals surface area contributed by atoms with E-state index in [1.807, 2.05) is 4.57 Å². The van der Waals surface area contributed by atoms with Gasteiger partial charge in [0.2, 0.25) is 0 Å². The lowest BCUT2D eigenvalue weighted by molar-refractivity contribution is -0.133. The van der Waals surface area contributed by atoms with Crippen LogP contribution in [0.5, 0.6) is 0 Å². The lowest BCUT2D eigenvalue weighted by Crippen LogP contribution is -2.23. The zero-order valence-electron chi connectivity index (χ0n) is 12.5. The fourth-order valence-corrected chi connectivity index (χ4v) is 2.73. The first-order valence-corrected chi connectivity index (χ1v) is 7.77. The van der Waals surface area contributed by atoms with Crippen LogP contribution in [0.15, 0.2) is 5.16 Å². The number of nitrogens with zero attached hydrogens (tertiary/aromatic N) is 3. The number of carboxylic acid groups (broad SMARTS) is 1. The second-order valence-corrected chi connectivity index (χ2v) is 5.91. The van der Waals surface area contributed by atoms with Crippen LogP contribution in [-0.2, 0) is 16.0 Å². The van der Waals surface area contributed by atoms with Gasteiger partial charge >= 0.3 is 5.97 Å². The van der Waals surface area contributed by atoms with E-state index in [2.05, 4.69) is 31.0 Å². The van der Waals surface area contributed by atoms with Gasteiger partial charge in [0.15, 0.2) is 5.16 Å². The van der Waals surface area contributed by atoms with Gasteiger partial charge in [-0.15, -0.1) is 10.2 Å². The Morgan fingerprint density at radius 3 is 2.65 bits per heavy atom. The van der Waals surface area contributed by atoms with E-state index in [1.54, 1.807) is 7.11 Å². The lowest BCUT2D eigenvalue weighted by atomic mass is 10.0. The summed E-state index contributed by atoms with van der Waals surface area (Å²) in [4.78, 5) is 10.7. The minimum Gasteiger partial charge on any atom is -0.481 e. The maximum Gasteiger partial charge on any atom is 0.313 e. The Balaban J connectivity index is 3.08. The highest BCUT2D eigenvalue weighted by atomic mass is 32.2. The van der Waals surface area contributed by atoms with Gasteiger partial charge < -0.3 is 14.4 Å². The van der Waals surface area contributed by atoms with Crippen molar-refractivity contribution in [2.24, 2.45) is 5.92 Å². The highest BCUT2D eigenvalue weighted by Crippen LogP contribution is 2.27. The van der Waals surface area contributed by atoms with Crippen molar-refractivity contribution >= 4 is 17.7 Å². The number of thioether (sulfide) groups is 1. The normalized spacial score (nSPS) is 12.8. The number of hydrogen-bond acceptors (Lipinski definition) is 5. The van der Waals surface area contributed by atoms with E-state index in [1.165, 1.54) is 11.8 Å². The van der Waals surface area contributed by atoms with Gasteiger partial charge in [0.05, 0.1) is 18.4 Å². The number of aryl methyl sites for hydroxylation is 1. The van der Waals surface area contributed by atoms with E-state index in [4.69, 9.17) is 9.84 Å². The van der Waals surface area contributed by atoms with Gasteiger partial charge in [-0.2, -0.15) is 0 Å². The Hall–Kier alpha value is -1.08. The maximum atomic E-state index is 10.7. The number of methoxy groups -OCH3 is 1. The monoisotopic (exact) mass is 301 g/mol. The molecule has 1 unspecified atom stereocenters. The molecule has 6 nitrogen and oxygen atoms in total. The summed E-state index contributed by atoms with van der Waals surface area (Å²) < 4.78 is 7.35. The van der Waals surface area contributed by atoms with Crippen molar-refractivity contribution in [2.45, 2.75) is 44.8 Å². The van der Waals surface area contributed by atoms with Gasteiger partial charge in [0, 0.05) is 13.5 Å². The quantitative estimate of drug-likeness (QED) is 0.705. The molecule has 114 valence electrons.